The van der Waals surface area contributed by atoms with Crippen molar-refractivity contribution in [2.75, 3.05) is 52.7 Å². The van der Waals surface area contributed by atoms with Gasteiger partial charge in [0.1, 0.15) is 5.82 Å². The molecule has 0 bridgehead atoms. The summed E-state index contributed by atoms with van der Waals surface area (Å²) < 4.78 is 25.9. The van der Waals surface area contributed by atoms with Crippen LogP contribution in [-0.4, -0.2) is 68.5 Å². The Kier molecular flexibility index (Phi) is 10.3. The molecule has 3 fully saturated rings. The smallest absolute Gasteiger partial charge is 0.132 e. The third-order valence-electron chi connectivity index (χ3n) is 8.28. The third-order valence-corrected chi connectivity index (χ3v) is 8.28. The van der Waals surface area contributed by atoms with Gasteiger partial charge >= 0.3 is 0 Å². The molecule has 37 heavy (non-hydrogen) atoms. The zero-order chi connectivity index (χ0) is 26.2. The Bertz CT molecular complexity index is 915. The number of likely N-dealkylation sites (tertiary alicyclic amines) is 1. The minimum atomic E-state index is -0.355. The lowest BCUT2D eigenvalue weighted by Gasteiger charge is -2.27. The monoisotopic (exact) mass is 515 g/mol. The first kappa shape index (κ1) is 27.9. The van der Waals surface area contributed by atoms with Gasteiger partial charge in [-0.25, -0.2) is 4.39 Å². The Morgan fingerprint density at radius 3 is 2.49 bits per heavy atom. The SMILES string of the molecule is CCN(CC)COCc1ccc(/C(N)=C/C=C(\N)NC2CC3CN(CC4CCOCC4)C[C@H]3C2)c(F)c1. The molecule has 2 saturated heterocycles. The average Bonchev–Trinajstić information content (AvgIpc) is 3.43. The molecule has 1 saturated carbocycles. The second-order valence-corrected chi connectivity index (χ2v) is 10.9. The number of rotatable bonds is 12. The van der Waals surface area contributed by atoms with Crippen molar-refractivity contribution in [3.8, 4) is 0 Å². The van der Waals surface area contributed by atoms with Crippen LogP contribution in [0.25, 0.3) is 5.70 Å². The van der Waals surface area contributed by atoms with Crippen molar-refractivity contribution in [2.45, 2.75) is 52.2 Å². The van der Waals surface area contributed by atoms with Gasteiger partial charge in [-0.3, -0.25) is 4.90 Å². The molecule has 1 aliphatic carbocycles. The Labute approximate surface area is 222 Å². The van der Waals surface area contributed by atoms with Crippen molar-refractivity contribution in [1.82, 2.24) is 15.1 Å². The van der Waals surface area contributed by atoms with Gasteiger partial charge in [0.15, 0.2) is 0 Å². The lowest BCUT2D eigenvalue weighted by molar-refractivity contribution is 0.0240. The third kappa shape index (κ3) is 7.93. The number of benzene rings is 1. The summed E-state index contributed by atoms with van der Waals surface area (Å²) in [6, 6.07) is 5.44. The second kappa shape index (κ2) is 13.6. The molecule has 2 heterocycles. The fourth-order valence-electron chi connectivity index (χ4n) is 6.09. The van der Waals surface area contributed by atoms with E-state index in [1.54, 1.807) is 18.2 Å². The van der Waals surface area contributed by atoms with Gasteiger partial charge in [0.2, 0.25) is 0 Å². The minimum absolute atomic E-state index is 0.352. The molecule has 8 heteroatoms. The highest BCUT2D eigenvalue weighted by molar-refractivity contribution is 5.65. The lowest BCUT2D eigenvalue weighted by Crippen LogP contribution is -2.34. The van der Waals surface area contributed by atoms with E-state index in [1.165, 1.54) is 38.5 Å². The van der Waals surface area contributed by atoms with E-state index in [0.29, 0.717) is 36.5 Å². The predicted octanol–water partition coefficient (Wildman–Crippen LogP) is 3.47. The molecule has 0 radical (unpaired) electrons. The summed E-state index contributed by atoms with van der Waals surface area (Å²) in [5.74, 6) is 2.51. The van der Waals surface area contributed by atoms with Crippen LogP contribution in [0.1, 0.15) is 50.7 Å². The number of hydrogen-bond donors (Lipinski definition) is 3. The molecule has 0 aromatic heterocycles. The van der Waals surface area contributed by atoms with E-state index in [1.807, 2.05) is 6.07 Å². The molecular weight excluding hydrogens is 469 g/mol. The Hall–Kier alpha value is -2.13. The molecule has 206 valence electrons. The van der Waals surface area contributed by atoms with Crippen molar-refractivity contribution in [1.29, 1.82) is 0 Å². The van der Waals surface area contributed by atoms with Crippen molar-refractivity contribution in [3.63, 3.8) is 0 Å². The zero-order valence-electron chi connectivity index (χ0n) is 22.6. The number of allylic oxidation sites excluding steroid dienone is 2. The number of hydrogen-bond acceptors (Lipinski definition) is 7. The molecule has 1 aromatic carbocycles. The Balaban J connectivity index is 1.22. The molecule has 2 unspecified atom stereocenters. The van der Waals surface area contributed by atoms with Crippen LogP contribution in [0.15, 0.2) is 36.2 Å². The van der Waals surface area contributed by atoms with Crippen molar-refractivity contribution in [3.05, 3.63) is 53.1 Å². The van der Waals surface area contributed by atoms with E-state index < -0.39 is 0 Å². The topological polar surface area (TPSA) is 89.0 Å². The zero-order valence-corrected chi connectivity index (χ0v) is 22.6. The first-order chi connectivity index (χ1) is 17.9. The molecule has 3 aliphatic rings. The van der Waals surface area contributed by atoms with Gasteiger partial charge in [-0.1, -0.05) is 19.9 Å². The number of nitrogens with one attached hydrogen (secondary N) is 1. The molecule has 4 rings (SSSR count). The van der Waals surface area contributed by atoms with Crippen LogP contribution >= 0.6 is 0 Å². The Morgan fingerprint density at radius 1 is 1.14 bits per heavy atom. The van der Waals surface area contributed by atoms with E-state index in [0.717, 1.165) is 62.5 Å². The molecule has 3 atom stereocenters. The fraction of sp³-hybridized carbons (Fsp3) is 0.655. The number of nitrogens with two attached hydrogens (primary N) is 2. The molecule has 2 aliphatic heterocycles. The maximum Gasteiger partial charge on any atom is 0.132 e. The van der Waals surface area contributed by atoms with Crippen LogP contribution in [0.2, 0.25) is 0 Å². The van der Waals surface area contributed by atoms with Crippen LogP contribution in [-0.2, 0) is 16.1 Å². The first-order valence-electron chi connectivity index (χ1n) is 14.0. The fourth-order valence-corrected chi connectivity index (χ4v) is 6.09. The second-order valence-electron chi connectivity index (χ2n) is 10.9. The molecule has 5 N–H and O–H groups in total. The summed E-state index contributed by atoms with van der Waals surface area (Å²) in [7, 11) is 0. The van der Waals surface area contributed by atoms with E-state index >= 15 is 0 Å². The summed E-state index contributed by atoms with van der Waals surface area (Å²) in [5.41, 5.74) is 14.0. The van der Waals surface area contributed by atoms with E-state index in [9.17, 15) is 4.39 Å². The Morgan fingerprint density at radius 2 is 1.84 bits per heavy atom. The summed E-state index contributed by atoms with van der Waals surface area (Å²) >= 11 is 0. The number of ether oxygens (including phenoxy) is 2. The van der Waals surface area contributed by atoms with Gasteiger partial charge < -0.3 is 31.2 Å². The summed E-state index contributed by atoms with van der Waals surface area (Å²) in [6.45, 7) is 12.4. The highest BCUT2D eigenvalue weighted by atomic mass is 19.1. The lowest BCUT2D eigenvalue weighted by atomic mass is 10.00. The van der Waals surface area contributed by atoms with Gasteiger partial charge in [0.25, 0.3) is 0 Å². The standard InChI is InChI=1S/C29H46FN5O2/c1-3-34(4-2)20-37-19-22-5-6-26(27(30)13-22)28(31)7-8-29(32)33-25-14-23-17-35(18-24(23)15-25)16-21-9-11-36-12-10-21/h5-8,13,21,23-25,33H,3-4,9-12,14-20,31-32H2,1-2H3/b28-7-,29-8+/t23-,24?,25?/m1/s1. The normalized spacial score (nSPS) is 25.7. The van der Waals surface area contributed by atoms with Gasteiger partial charge in [-0.15, -0.1) is 0 Å². The van der Waals surface area contributed by atoms with Gasteiger partial charge in [-0.2, -0.15) is 0 Å². The quantitative estimate of drug-likeness (QED) is 0.290. The predicted molar refractivity (Wildman–Crippen MR) is 147 cm³/mol. The maximum atomic E-state index is 14.7. The largest absolute Gasteiger partial charge is 0.398 e. The van der Waals surface area contributed by atoms with Crippen LogP contribution in [0, 0.1) is 23.6 Å². The number of halogens is 1. The van der Waals surface area contributed by atoms with Crippen molar-refractivity contribution in [2.24, 2.45) is 29.2 Å². The summed E-state index contributed by atoms with van der Waals surface area (Å²) in [4.78, 5) is 4.83. The van der Waals surface area contributed by atoms with E-state index in [-0.39, 0.29) is 5.82 Å². The first-order valence-corrected chi connectivity index (χ1v) is 14.0. The molecule has 1 aromatic rings. The van der Waals surface area contributed by atoms with Crippen LogP contribution < -0.4 is 16.8 Å². The van der Waals surface area contributed by atoms with Gasteiger partial charge in [-0.05, 0) is 86.4 Å². The van der Waals surface area contributed by atoms with E-state index in [2.05, 4.69) is 29.0 Å². The average molecular weight is 516 g/mol. The summed E-state index contributed by atoms with van der Waals surface area (Å²) in [5, 5.41) is 3.47. The van der Waals surface area contributed by atoms with Crippen LogP contribution in [0.4, 0.5) is 4.39 Å². The van der Waals surface area contributed by atoms with Gasteiger partial charge in [0.05, 0.1) is 19.2 Å². The van der Waals surface area contributed by atoms with E-state index in [4.69, 9.17) is 20.9 Å². The molecular formula is C29H46FN5O2. The number of fused-ring (bicyclic) bond motifs is 1. The van der Waals surface area contributed by atoms with Crippen molar-refractivity contribution >= 4 is 5.70 Å². The maximum absolute atomic E-state index is 14.7. The number of nitrogens with zero attached hydrogens (tertiary/aromatic N) is 2. The highest BCUT2D eigenvalue weighted by Gasteiger charge is 2.41. The molecule has 0 spiro atoms. The van der Waals surface area contributed by atoms with Crippen LogP contribution in [0.3, 0.4) is 0 Å². The van der Waals surface area contributed by atoms with Crippen LogP contribution in [0.5, 0.6) is 0 Å². The summed E-state index contributed by atoms with van der Waals surface area (Å²) in [6.07, 6.45) is 8.13. The molecule has 0 amide bonds. The molecule has 7 nitrogen and oxygen atoms in total. The highest BCUT2D eigenvalue weighted by Crippen LogP contribution is 2.39. The van der Waals surface area contributed by atoms with Gasteiger partial charge in [0, 0.05) is 50.2 Å². The van der Waals surface area contributed by atoms with Crippen molar-refractivity contribution < 1.29 is 13.9 Å². The minimum Gasteiger partial charge on any atom is -0.398 e.